The topological polar surface area (TPSA) is 121 Å². The molecule has 32 heavy (non-hydrogen) atoms. The number of amides is 5. The zero-order valence-corrected chi connectivity index (χ0v) is 17.8. The molecule has 1 spiro atoms. The fraction of sp³-hybridized carbons (Fsp3) is 0.391. The first-order chi connectivity index (χ1) is 15.4. The Hall–Kier alpha value is -3.62. The third-order valence-electron chi connectivity index (χ3n) is 6.12. The van der Waals surface area contributed by atoms with Gasteiger partial charge in [-0.25, -0.2) is 4.79 Å². The molecule has 0 radical (unpaired) electrons. The van der Waals surface area contributed by atoms with E-state index >= 15 is 0 Å². The van der Waals surface area contributed by atoms with Crippen molar-refractivity contribution in [1.29, 1.82) is 0 Å². The van der Waals surface area contributed by atoms with Gasteiger partial charge in [0.25, 0.3) is 11.8 Å². The Balaban J connectivity index is 1.27. The Morgan fingerprint density at radius 3 is 2.53 bits per heavy atom. The number of anilines is 1. The predicted molar refractivity (Wildman–Crippen MR) is 116 cm³/mol. The van der Waals surface area contributed by atoms with E-state index in [9.17, 15) is 19.2 Å². The average molecular weight is 438 g/mol. The first-order valence-electron chi connectivity index (χ1n) is 10.7. The molecule has 9 heteroatoms. The van der Waals surface area contributed by atoms with Gasteiger partial charge in [-0.2, -0.15) is 0 Å². The fourth-order valence-corrected chi connectivity index (χ4v) is 4.12. The number of hydrogen-bond acceptors (Lipinski definition) is 5. The maximum absolute atomic E-state index is 12.8. The van der Waals surface area contributed by atoms with Crippen LogP contribution in [0.1, 0.15) is 48.7 Å². The highest BCUT2D eigenvalue weighted by Crippen LogP contribution is 2.36. The lowest BCUT2D eigenvalue weighted by Gasteiger charge is -2.33. The lowest BCUT2D eigenvalue weighted by atomic mass is 9.77. The fourth-order valence-electron chi connectivity index (χ4n) is 4.12. The molecular weight excluding hydrogens is 412 g/mol. The van der Waals surface area contributed by atoms with E-state index < -0.39 is 17.5 Å². The molecule has 5 amide bonds. The number of carbonyl (C=O) groups excluding carboxylic acids is 4. The SMILES string of the molecule is CC1CCC2(CC1)NC(=O)N(CC(=O)NCc1ccc(NC(=O)c3ccco3)cc1)C2=O. The third kappa shape index (κ3) is 4.51. The van der Waals surface area contributed by atoms with E-state index in [1.165, 1.54) is 6.26 Å². The van der Waals surface area contributed by atoms with Gasteiger partial charge < -0.3 is 20.4 Å². The van der Waals surface area contributed by atoms with Gasteiger partial charge in [-0.3, -0.25) is 19.3 Å². The standard InChI is InChI=1S/C23H26N4O5/c1-15-8-10-23(11-9-15)21(30)27(22(31)26-23)14-19(28)24-13-16-4-6-17(7-5-16)25-20(29)18-3-2-12-32-18/h2-7,12,15H,8-11,13-14H2,1H3,(H,24,28)(H,25,29)(H,26,31). The van der Waals surface area contributed by atoms with Gasteiger partial charge in [-0.15, -0.1) is 0 Å². The zero-order chi connectivity index (χ0) is 22.7. The van der Waals surface area contributed by atoms with Crippen molar-refractivity contribution in [2.24, 2.45) is 5.92 Å². The number of benzene rings is 1. The molecule has 2 aliphatic rings. The van der Waals surface area contributed by atoms with Gasteiger partial charge in [0.05, 0.1) is 6.26 Å². The van der Waals surface area contributed by atoms with Crippen molar-refractivity contribution in [3.8, 4) is 0 Å². The molecular formula is C23H26N4O5. The van der Waals surface area contributed by atoms with E-state index in [-0.39, 0.29) is 30.7 Å². The second kappa shape index (κ2) is 8.86. The predicted octanol–water partition coefficient (Wildman–Crippen LogP) is 2.65. The lowest BCUT2D eigenvalue weighted by molar-refractivity contribution is -0.136. The lowest BCUT2D eigenvalue weighted by Crippen LogP contribution is -2.49. The van der Waals surface area contributed by atoms with Crippen LogP contribution in [0.5, 0.6) is 0 Å². The van der Waals surface area contributed by atoms with E-state index in [1.54, 1.807) is 36.4 Å². The summed E-state index contributed by atoms with van der Waals surface area (Å²) in [6.07, 6.45) is 4.41. The molecule has 0 bridgehead atoms. The summed E-state index contributed by atoms with van der Waals surface area (Å²) in [5.41, 5.74) is 0.553. The van der Waals surface area contributed by atoms with Crippen molar-refractivity contribution in [1.82, 2.24) is 15.5 Å². The summed E-state index contributed by atoms with van der Waals surface area (Å²) in [6.45, 7) is 2.07. The maximum atomic E-state index is 12.8. The summed E-state index contributed by atoms with van der Waals surface area (Å²) >= 11 is 0. The van der Waals surface area contributed by atoms with Gasteiger partial charge in [0, 0.05) is 12.2 Å². The van der Waals surface area contributed by atoms with Crippen molar-refractivity contribution in [2.75, 3.05) is 11.9 Å². The second-order valence-electron chi connectivity index (χ2n) is 8.49. The van der Waals surface area contributed by atoms with Crippen LogP contribution in [0.4, 0.5) is 10.5 Å². The number of nitrogens with zero attached hydrogens (tertiary/aromatic N) is 1. The van der Waals surface area contributed by atoms with Gasteiger partial charge >= 0.3 is 6.03 Å². The van der Waals surface area contributed by atoms with Crippen LogP contribution in [-0.2, 0) is 16.1 Å². The van der Waals surface area contributed by atoms with Crippen LogP contribution in [0.2, 0.25) is 0 Å². The van der Waals surface area contributed by atoms with Crippen LogP contribution >= 0.6 is 0 Å². The molecule has 1 saturated carbocycles. The molecule has 1 aromatic carbocycles. The number of furan rings is 1. The number of nitrogens with one attached hydrogen (secondary N) is 3. The Bertz CT molecular complexity index is 1010. The van der Waals surface area contributed by atoms with E-state index in [0.29, 0.717) is 24.4 Å². The maximum Gasteiger partial charge on any atom is 0.325 e. The average Bonchev–Trinajstić information content (AvgIpc) is 3.40. The number of hydrogen-bond donors (Lipinski definition) is 3. The van der Waals surface area contributed by atoms with Crippen LogP contribution in [0.25, 0.3) is 0 Å². The highest BCUT2D eigenvalue weighted by Gasteiger charge is 2.52. The Morgan fingerprint density at radius 1 is 1.16 bits per heavy atom. The van der Waals surface area contributed by atoms with Crippen LogP contribution in [0, 0.1) is 5.92 Å². The van der Waals surface area contributed by atoms with Gasteiger partial charge in [0.1, 0.15) is 12.1 Å². The minimum atomic E-state index is -0.847. The molecule has 4 rings (SSSR count). The van der Waals surface area contributed by atoms with Crippen LogP contribution in [-0.4, -0.2) is 40.7 Å². The molecule has 0 atom stereocenters. The molecule has 168 valence electrons. The van der Waals surface area contributed by atoms with Crippen molar-refractivity contribution in [3.63, 3.8) is 0 Å². The van der Waals surface area contributed by atoms with Crippen LogP contribution in [0.15, 0.2) is 47.1 Å². The summed E-state index contributed by atoms with van der Waals surface area (Å²) in [7, 11) is 0. The van der Waals surface area contributed by atoms with Crippen molar-refractivity contribution < 1.29 is 23.6 Å². The quantitative estimate of drug-likeness (QED) is 0.599. The summed E-state index contributed by atoms with van der Waals surface area (Å²) in [5, 5.41) is 8.27. The van der Waals surface area contributed by atoms with Gasteiger partial charge in [0.2, 0.25) is 5.91 Å². The highest BCUT2D eigenvalue weighted by atomic mass is 16.3. The molecule has 0 unspecified atom stereocenters. The molecule has 1 saturated heterocycles. The van der Waals surface area contributed by atoms with Crippen molar-refractivity contribution in [3.05, 3.63) is 54.0 Å². The van der Waals surface area contributed by atoms with E-state index in [2.05, 4.69) is 22.9 Å². The zero-order valence-electron chi connectivity index (χ0n) is 17.8. The Kier molecular flexibility index (Phi) is 5.98. The summed E-state index contributed by atoms with van der Waals surface area (Å²) in [6, 6.07) is 9.67. The summed E-state index contributed by atoms with van der Waals surface area (Å²) in [5.74, 6) is -0.320. The molecule has 1 aliphatic heterocycles. The number of imide groups is 1. The molecule has 2 heterocycles. The minimum absolute atomic E-state index is 0.214. The molecule has 3 N–H and O–H groups in total. The van der Waals surface area contributed by atoms with Crippen LogP contribution < -0.4 is 16.0 Å². The monoisotopic (exact) mass is 438 g/mol. The minimum Gasteiger partial charge on any atom is -0.459 e. The molecule has 2 fully saturated rings. The van der Waals surface area contributed by atoms with E-state index in [1.807, 2.05) is 0 Å². The summed E-state index contributed by atoms with van der Waals surface area (Å²) in [4.78, 5) is 50.6. The summed E-state index contributed by atoms with van der Waals surface area (Å²) < 4.78 is 5.05. The van der Waals surface area contributed by atoms with Gasteiger partial charge in [-0.1, -0.05) is 19.1 Å². The first kappa shape index (κ1) is 21.6. The second-order valence-corrected chi connectivity index (χ2v) is 8.49. The Morgan fingerprint density at radius 2 is 1.88 bits per heavy atom. The number of urea groups is 1. The highest BCUT2D eigenvalue weighted by molar-refractivity contribution is 6.09. The van der Waals surface area contributed by atoms with Crippen molar-refractivity contribution >= 4 is 29.4 Å². The molecule has 2 aromatic rings. The smallest absolute Gasteiger partial charge is 0.325 e. The van der Waals surface area contributed by atoms with Gasteiger partial charge in [0.15, 0.2) is 5.76 Å². The normalized spacial score (nSPS) is 22.7. The number of rotatable bonds is 6. The van der Waals surface area contributed by atoms with Crippen molar-refractivity contribution in [2.45, 2.75) is 44.7 Å². The van der Waals surface area contributed by atoms with Gasteiger partial charge in [-0.05, 0) is 61.4 Å². The van der Waals surface area contributed by atoms with Crippen LogP contribution in [0.3, 0.4) is 0 Å². The molecule has 1 aliphatic carbocycles. The van der Waals surface area contributed by atoms with E-state index in [0.717, 1.165) is 23.3 Å². The Labute approximate surface area is 185 Å². The van der Waals surface area contributed by atoms with E-state index in [4.69, 9.17) is 4.42 Å². The molecule has 1 aromatic heterocycles. The first-order valence-corrected chi connectivity index (χ1v) is 10.7. The molecule has 9 nitrogen and oxygen atoms in total. The number of carbonyl (C=O) groups is 4. The third-order valence-corrected chi connectivity index (χ3v) is 6.12. The largest absolute Gasteiger partial charge is 0.459 e.